The molecule has 17 heavy (non-hydrogen) atoms. The van der Waals surface area contributed by atoms with Crippen LogP contribution in [0.1, 0.15) is 45.4 Å². The third kappa shape index (κ3) is 2.37. The van der Waals surface area contributed by atoms with E-state index in [1.165, 1.54) is 4.90 Å². The Morgan fingerprint density at radius 1 is 1.24 bits per heavy atom. The molecule has 4 nitrogen and oxygen atoms in total. The maximum atomic E-state index is 12.1. The van der Waals surface area contributed by atoms with Crippen molar-refractivity contribution in [2.45, 2.75) is 51.6 Å². The lowest BCUT2D eigenvalue weighted by molar-refractivity contribution is -0.141. The number of rotatable bonds is 4. The standard InChI is InChI=1S/C13H21NO3/c1-2-5-9(15)8-14-12(16)10-6-3-4-7-11(10)13(14)17/h9-11,15H,2-8H2,1H3. The fraction of sp³-hybridized carbons (Fsp3) is 0.846. The van der Waals surface area contributed by atoms with Crippen molar-refractivity contribution >= 4 is 11.8 Å². The molecule has 96 valence electrons. The predicted molar refractivity (Wildman–Crippen MR) is 63.1 cm³/mol. The molecule has 2 rings (SSSR count). The molecule has 3 atom stereocenters. The quantitative estimate of drug-likeness (QED) is 0.753. The van der Waals surface area contributed by atoms with Gasteiger partial charge in [-0.1, -0.05) is 26.2 Å². The van der Waals surface area contributed by atoms with Crippen LogP contribution in [0.15, 0.2) is 0 Å². The van der Waals surface area contributed by atoms with Gasteiger partial charge in [-0.25, -0.2) is 0 Å². The van der Waals surface area contributed by atoms with Crippen LogP contribution in [0.25, 0.3) is 0 Å². The van der Waals surface area contributed by atoms with E-state index in [-0.39, 0.29) is 30.2 Å². The molecule has 2 amide bonds. The summed E-state index contributed by atoms with van der Waals surface area (Å²) in [6, 6.07) is 0. The fourth-order valence-corrected chi connectivity index (χ4v) is 3.05. The number of fused-ring (bicyclic) bond motifs is 1. The van der Waals surface area contributed by atoms with Crippen LogP contribution in [-0.4, -0.2) is 34.5 Å². The number of hydrogen-bond donors (Lipinski definition) is 1. The number of amides is 2. The smallest absolute Gasteiger partial charge is 0.233 e. The largest absolute Gasteiger partial charge is 0.391 e. The molecule has 1 aliphatic heterocycles. The fourth-order valence-electron chi connectivity index (χ4n) is 3.05. The Balaban J connectivity index is 2.03. The van der Waals surface area contributed by atoms with Crippen LogP contribution in [0.3, 0.4) is 0 Å². The normalized spacial score (nSPS) is 30.6. The molecule has 2 fully saturated rings. The van der Waals surface area contributed by atoms with Crippen LogP contribution >= 0.6 is 0 Å². The number of carbonyl (C=O) groups is 2. The van der Waals surface area contributed by atoms with Crippen molar-refractivity contribution in [2.75, 3.05) is 6.54 Å². The van der Waals surface area contributed by atoms with Gasteiger partial charge in [0.05, 0.1) is 24.5 Å². The van der Waals surface area contributed by atoms with E-state index < -0.39 is 6.10 Å². The van der Waals surface area contributed by atoms with Crippen LogP contribution in [0.5, 0.6) is 0 Å². The predicted octanol–water partition coefficient (Wildman–Crippen LogP) is 1.32. The van der Waals surface area contributed by atoms with Gasteiger partial charge in [0.25, 0.3) is 0 Å². The molecule has 0 aromatic rings. The summed E-state index contributed by atoms with van der Waals surface area (Å²) in [4.78, 5) is 25.5. The van der Waals surface area contributed by atoms with Crippen molar-refractivity contribution in [1.82, 2.24) is 4.90 Å². The summed E-state index contributed by atoms with van der Waals surface area (Å²) in [5, 5.41) is 9.73. The molecule has 0 aromatic heterocycles. The summed E-state index contributed by atoms with van der Waals surface area (Å²) < 4.78 is 0. The minimum atomic E-state index is -0.562. The van der Waals surface area contributed by atoms with Gasteiger partial charge in [-0.2, -0.15) is 0 Å². The van der Waals surface area contributed by atoms with Gasteiger partial charge >= 0.3 is 0 Å². The minimum Gasteiger partial charge on any atom is -0.391 e. The van der Waals surface area contributed by atoms with Crippen molar-refractivity contribution in [3.05, 3.63) is 0 Å². The molecule has 1 saturated carbocycles. The van der Waals surface area contributed by atoms with E-state index in [1.54, 1.807) is 0 Å². The van der Waals surface area contributed by atoms with Crippen molar-refractivity contribution < 1.29 is 14.7 Å². The second kappa shape index (κ2) is 5.17. The molecule has 1 saturated heterocycles. The van der Waals surface area contributed by atoms with E-state index in [4.69, 9.17) is 0 Å². The second-order valence-corrected chi connectivity index (χ2v) is 5.23. The topological polar surface area (TPSA) is 57.6 Å². The molecule has 1 N–H and O–H groups in total. The first kappa shape index (κ1) is 12.6. The zero-order valence-corrected chi connectivity index (χ0v) is 10.4. The molecule has 0 bridgehead atoms. The zero-order chi connectivity index (χ0) is 12.4. The lowest BCUT2D eigenvalue weighted by atomic mass is 9.81. The van der Waals surface area contributed by atoms with E-state index in [1.807, 2.05) is 6.92 Å². The van der Waals surface area contributed by atoms with Gasteiger partial charge in [-0.3, -0.25) is 14.5 Å². The highest BCUT2D eigenvalue weighted by atomic mass is 16.3. The number of carbonyl (C=O) groups excluding carboxylic acids is 2. The first-order valence-electron chi connectivity index (χ1n) is 6.68. The highest BCUT2D eigenvalue weighted by Gasteiger charge is 2.48. The molecule has 2 aliphatic rings. The van der Waals surface area contributed by atoms with Crippen molar-refractivity contribution in [3.8, 4) is 0 Å². The Kier molecular flexibility index (Phi) is 3.82. The molecule has 1 aliphatic carbocycles. The Morgan fingerprint density at radius 3 is 2.24 bits per heavy atom. The van der Waals surface area contributed by atoms with Gasteiger partial charge < -0.3 is 5.11 Å². The average Bonchev–Trinajstić information content (AvgIpc) is 2.56. The maximum Gasteiger partial charge on any atom is 0.233 e. The highest BCUT2D eigenvalue weighted by molar-refractivity contribution is 6.05. The summed E-state index contributed by atoms with van der Waals surface area (Å²) in [6.45, 7) is 2.18. The molecular weight excluding hydrogens is 218 g/mol. The van der Waals surface area contributed by atoms with Gasteiger partial charge in [0.1, 0.15) is 0 Å². The summed E-state index contributed by atoms with van der Waals surface area (Å²) >= 11 is 0. The van der Waals surface area contributed by atoms with Crippen LogP contribution in [0.4, 0.5) is 0 Å². The number of aliphatic hydroxyl groups excluding tert-OH is 1. The average molecular weight is 239 g/mol. The lowest BCUT2D eigenvalue weighted by Gasteiger charge is -2.19. The number of likely N-dealkylation sites (tertiary alicyclic amines) is 1. The van der Waals surface area contributed by atoms with Gasteiger partial charge in [0.2, 0.25) is 11.8 Å². The maximum absolute atomic E-state index is 12.1. The van der Waals surface area contributed by atoms with E-state index in [0.29, 0.717) is 6.42 Å². The summed E-state index contributed by atoms with van der Waals surface area (Å²) in [7, 11) is 0. The third-order valence-corrected chi connectivity index (χ3v) is 3.95. The third-order valence-electron chi connectivity index (χ3n) is 3.95. The zero-order valence-electron chi connectivity index (χ0n) is 10.4. The molecular formula is C13H21NO3. The van der Waals surface area contributed by atoms with E-state index in [0.717, 1.165) is 32.1 Å². The summed E-state index contributed by atoms with van der Waals surface area (Å²) in [5.74, 6) is -0.278. The SMILES string of the molecule is CCCC(O)CN1C(=O)C2CCCCC2C1=O. The first-order chi connectivity index (χ1) is 8.15. The molecule has 4 heteroatoms. The monoisotopic (exact) mass is 239 g/mol. The van der Waals surface area contributed by atoms with Gasteiger partial charge in [0.15, 0.2) is 0 Å². The van der Waals surface area contributed by atoms with E-state index in [9.17, 15) is 14.7 Å². The molecule has 0 spiro atoms. The Labute approximate surface area is 102 Å². The van der Waals surface area contributed by atoms with Crippen LogP contribution in [0, 0.1) is 11.8 Å². The number of imide groups is 1. The Hall–Kier alpha value is -0.900. The van der Waals surface area contributed by atoms with Crippen molar-refractivity contribution in [3.63, 3.8) is 0 Å². The number of nitrogens with zero attached hydrogens (tertiary/aromatic N) is 1. The van der Waals surface area contributed by atoms with Crippen LogP contribution in [0.2, 0.25) is 0 Å². The molecule has 3 unspecified atom stereocenters. The van der Waals surface area contributed by atoms with Crippen LogP contribution < -0.4 is 0 Å². The van der Waals surface area contributed by atoms with Gasteiger partial charge in [-0.15, -0.1) is 0 Å². The van der Waals surface area contributed by atoms with Gasteiger partial charge in [0, 0.05) is 0 Å². The van der Waals surface area contributed by atoms with Crippen LogP contribution in [-0.2, 0) is 9.59 Å². The lowest BCUT2D eigenvalue weighted by Crippen LogP contribution is -2.37. The minimum absolute atomic E-state index is 0.0464. The van der Waals surface area contributed by atoms with Crippen molar-refractivity contribution in [2.24, 2.45) is 11.8 Å². The van der Waals surface area contributed by atoms with E-state index >= 15 is 0 Å². The molecule has 0 aromatic carbocycles. The summed E-state index contributed by atoms with van der Waals surface area (Å²) in [6.07, 6.45) is 4.73. The van der Waals surface area contributed by atoms with Gasteiger partial charge in [-0.05, 0) is 19.3 Å². The Bertz CT molecular complexity index is 292. The first-order valence-corrected chi connectivity index (χ1v) is 6.68. The number of hydrogen-bond acceptors (Lipinski definition) is 3. The number of β-amino-alcohol motifs (C(OH)–C–C–N with tert-alkyl or cyclic N) is 1. The molecule has 0 radical (unpaired) electrons. The second-order valence-electron chi connectivity index (χ2n) is 5.23. The highest BCUT2D eigenvalue weighted by Crippen LogP contribution is 2.38. The van der Waals surface area contributed by atoms with Crippen molar-refractivity contribution in [1.29, 1.82) is 0 Å². The molecule has 1 heterocycles. The van der Waals surface area contributed by atoms with E-state index in [2.05, 4.69) is 0 Å². The number of aliphatic hydroxyl groups is 1. The summed E-state index contributed by atoms with van der Waals surface area (Å²) in [5.41, 5.74) is 0. The Morgan fingerprint density at radius 2 is 1.76 bits per heavy atom.